The molecule has 2 rings (SSSR count). The molecule has 0 aliphatic carbocycles. The van der Waals surface area contributed by atoms with E-state index in [1.807, 2.05) is 19.1 Å². The molecule has 0 fully saturated rings. The molecule has 0 radical (unpaired) electrons. The van der Waals surface area contributed by atoms with Crippen molar-refractivity contribution >= 4 is 32.6 Å². The van der Waals surface area contributed by atoms with Gasteiger partial charge in [-0.15, -0.1) is 0 Å². The van der Waals surface area contributed by atoms with Gasteiger partial charge in [0, 0.05) is 0 Å². The Morgan fingerprint density at radius 1 is 0.800 bits per heavy atom. The van der Waals surface area contributed by atoms with Gasteiger partial charge in [0.15, 0.2) is 0 Å². The third-order valence-corrected chi connectivity index (χ3v) is 7.52. The van der Waals surface area contributed by atoms with Crippen LogP contribution in [0.15, 0.2) is 30.3 Å². The first-order chi connectivity index (χ1) is 11.7. The second-order valence-corrected chi connectivity index (χ2v) is 9.40. The first-order valence-electron chi connectivity index (χ1n) is 7.96. The zero-order valence-corrected chi connectivity index (χ0v) is 17.6. The molecule has 0 aliphatic heterocycles. The SMILES string of the molecule is CC(=O)OI(OC(C)=O)c1ccc(C)cc1-c1c(C)cc(C)cc1C. The van der Waals surface area contributed by atoms with Crippen LogP contribution in [0.3, 0.4) is 0 Å². The molecule has 4 nitrogen and oxygen atoms in total. The minimum absolute atomic E-state index is 0.435. The van der Waals surface area contributed by atoms with Gasteiger partial charge in [-0.3, -0.25) is 0 Å². The summed E-state index contributed by atoms with van der Waals surface area (Å²) in [5.41, 5.74) is 6.66. The van der Waals surface area contributed by atoms with Crippen LogP contribution in [0.2, 0.25) is 0 Å². The van der Waals surface area contributed by atoms with Crippen LogP contribution in [-0.4, -0.2) is 11.9 Å². The molecular formula is C20H23IO4. The van der Waals surface area contributed by atoms with Crippen LogP contribution in [0.5, 0.6) is 0 Å². The Hall–Kier alpha value is -1.89. The average molecular weight is 454 g/mol. The molecule has 0 saturated carbocycles. The first kappa shape index (κ1) is 19.4. The van der Waals surface area contributed by atoms with E-state index in [-0.39, 0.29) is 0 Å². The average Bonchev–Trinajstić information content (AvgIpc) is 2.44. The van der Waals surface area contributed by atoms with Gasteiger partial charge < -0.3 is 0 Å². The summed E-state index contributed by atoms with van der Waals surface area (Å²) in [7, 11) is 0. The van der Waals surface area contributed by atoms with Crippen molar-refractivity contribution in [2.24, 2.45) is 0 Å². The number of carbonyl (C=O) groups excluding carboxylic acids is 2. The van der Waals surface area contributed by atoms with Crippen molar-refractivity contribution in [1.29, 1.82) is 0 Å². The van der Waals surface area contributed by atoms with Crippen LogP contribution in [0.25, 0.3) is 11.1 Å². The van der Waals surface area contributed by atoms with Gasteiger partial charge in [0.2, 0.25) is 0 Å². The molecular weight excluding hydrogens is 431 g/mol. The zero-order chi connectivity index (χ0) is 18.7. The summed E-state index contributed by atoms with van der Waals surface area (Å²) in [4.78, 5) is 23.1. The molecule has 0 spiro atoms. The van der Waals surface area contributed by atoms with Crippen LogP contribution >= 0.6 is 20.6 Å². The molecule has 0 bridgehead atoms. The predicted molar refractivity (Wildman–Crippen MR) is 107 cm³/mol. The molecule has 0 heterocycles. The van der Waals surface area contributed by atoms with E-state index in [2.05, 4.69) is 39.0 Å². The van der Waals surface area contributed by atoms with E-state index in [1.54, 1.807) is 0 Å². The minimum atomic E-state index is -2.90. The third kappa shape index (κ3) is 4.81. The molecule has 0 N–H and O–H groups in total. The topological polar surface area (TPSA) is 52.6 Å². The summed E-state index contributed by atoms with van der Waals surface area (Å²) in [6, 6.07) is 10.2. The maximum absolute atomic E-state index is 11.5. The fourth-order valence-electron chi connectivity index (χ4n) is 2.87. The van der Waals surface area contributed by atoms with Gasteiger partial charge in [0.05, 0.1) is 0 Å². The molecule has 25 heavy (non-hydrogen) atoms. The molecule has 0 unspecified atom stereocenters. The molecule has 0 amide bonds. The van der Waals surface area contributed by atoms with Crippen LogP contribution in [-0.2, 0) is 15.7 Å². The number of benzene rings is 2. The molecule has 0 aliphatic rings. The van der Waals surface area contributed by atoms with Crippen LogP contribution in [0.1, 0.15) is 36.1 Å². The Morgan fingerprint density at radius 3 is 1.80 bits per heavy atom. The normalized spacial score (nSPS) is 11.0. The summed E-state index contributed by atoms with van der Waals surface area (Å²) in [6.07, 6.45) is 0. The quantitative estimate of drug-likeness (QED) is 0.595. The Morgan fingerprint density at radius 2 is 1.32 bits per heavy atom. The number of carbonyl (C=O) groups is 2. The number of rotatable bonds is 4. The van der Waals surface area contributed by atoms with Gasteiger partial charge in [0.1, 0.15) is 0 Å². The monoisotopic (exact) mass is 454 g/mol. The van der Waals surface area contributed by atoms with E-state index < -0.39 is 32.6 Å². The van der Waals surface area contributed by atoms with Crippen LogP contribution < -0.4 is 0 Å². The molecule has 2 aromatic rings. The Bertz CT molecular complexity index is 787. The summed E-state index contributed by atoms with van der Waals surface area (Å²) in [6.45, 7) is 10.9. The number of hydrogen-bond acceptors (Lipinski definition) is 4. The second-order valence-electron chi connectivity index (χ2n) is 6.11. The van der Waals surface area contributed by atoms with Gasteiger partial charge in [-0.05, 0) is 0 Å². The van der Waals surface area contributed by atoms with Gasteiger partial charge in [-0.25, -0.2) is 0 Å². The Kier molecular flexibility index (Phi) is 6.21. The molecule has 0 atom stereocenters. The van der Waals surface area contributed by atoms with Crippen molar-refractivity contribution in [3.05, 3.63) is 56.2 Å². The molecule has 134 valence electrons. The van der Waals surface area contributed by atoms with Crippen LogP contribution in [0, 0.1) is 31.3 Å². The van der Waals surface area contributed by atoms with E-state index in [4.69, 9.17) is 6.13 Å². The summed E-state index contributed by atoms with van der Waals surface area (Å²) in [5, 5.41) is 0. The number of hydrogen-bond donors (Lipinski definition) is 0. The van der Waals surface area contributed by atoms with Crippen molar-refractivity contribution in [3.8, 4) is 11.1 Å². The van der Waals surface area contributed by atoms with E-state index >= 15 is 0 Å². The fourth-order valence-corrected chi connectivity index (χ4v) is 5.93. The first-order valence-corrected chi connectivity index (χ1v) is 10.8. The standard InChI is InChI=1S/C20H23IO4/c1-12-7-8-19(21(24-16(5)22)25-17(6)23)18(11-12)20-14(3)9-13(2)10-15(20)4/h7-11H,1-6H3. The summed E-state index contributed by atoms with van der Waals surface area (Å²) in [5.74, 6) is -0.870. The Balaban J connectivity index is 2.68. The van der Waals surface area contributed by atoms with Crippen molar-refractivity contribution in [2.75, 3.05) is 0 Å². The van der Waals surface area contributed by atoms with E-state index in [0.29, 0.717) is 0 Å². The molecule has 0 aromatic heterocycles. The predicted octanol–water partition coefficient (Wildman–Crippen LogP) is 5.22. The van der Waals surface area contributed by atoms with Gasteiger partial charge >= 0.3 is 157 Å². The van der Waals surface area contributed by atoms with Crippen molar-refractivity contribution in [2.45, 2.75) is 41.5 Å². The summed E-state index contributed by atoms with van der Waals surface area (Å²) >= 11 is -2.90. The van der Waals surface area contributed by atoms with Crippen molar-refractivity contribution in [3.63, 3.8) is 0 Å². The van der Waals surface area contributed by atoms with Gasteiger partial charge in [0.25, 0.3) is 0 Å². The maximum atomic E-state index is 11.5. The third-order valence-electron chi connectivity index (χ3n) is 3.59. The van der Waals surface area contributed by atoms with Gasteiger partial charge in [-0.2, -0.15) is 0 Å². The zero-order valence-electron chi connectivity index (χ0n) is 15.4. The van der Waals surface area contributed by atoms with Crippen molar-refractivity contribution < 1.29 is 15.7 Å². The summed E-state index contributed by atoms with van der Waals surface area (Å²) < 4.78 is 11.7. The van der Waals surface area contributed by atoms with Crippen molar-refractivity contribution in [1.82, 2.24) is 0 Å². The second kappa shape index (κ2) is 7.99. The van der Waals surface area contributed by atoms with Crippen LogP contribution in [0.4, 0.5) is 0 Å². The fraction of sp³-hybridized carbons (Fsp3) is 0.300. The van der Waals surface area contributed by atoms with Gasteiger partial charge in [-0.1, -0.05) is 0 Å². The number of aryl methyl sites for hydroxylation is 4. The molecule has 5 heteroatoms. The van der Waals surface area contributed by atoms with E-state index in [9.17, 15) is 9.59 Å². The van der Waals surface area contributed by atoms with E-state index in [0.717, 1.165) is 31.4 Å². The van der Waals surface area contributed by atoms with E-state index in [1.165, 1.54) is 19.4 Å². The Labute approximate surface area is 157 Å². The molecule has 0 saturated heterocycles. The number of halogens is 1. The molecule has 2 aromatic carbocycles.